The molecule has 1 heterocycles. The predicted octanol–water partition coefficient (Wildman–Crippen LogP) is -0.281. The summed E-state index contributed by atoms with van der Waals surface area (Å²) >= 11 is 0. The highest BCUT2D eigenvalue weighted by Crippen LogP contribution is 1.89. The van der Waals surface area contributed by atoms with Crippen molar-refractivity contribution in [3.05, 3.63) is 24.3 Å². The second-order valence-electron chi connectivity index (χ2n) is 3.47. The summed E-state index contributed by atoms with van der Waals surface area (Å²) in [6.45, 7) is 2.37. The van der Waals surface area contributed by atoms with Gasteiger partial charge >= 0.3 is 0 Å². The van der Waals surface area contributed by atoms with Crippen LogP contribution in [0.25, 0.3) is 0 Å². The third-order valence-corrected chi connectivity index (χ3v) is 2.11. The number of aromatic nitrogens is 2. The molecule has 0 aliphatic rings. The Balaban J connectivity index is 2.02. The Morgan fingerprint density at radius 3 is 3.06 bits per heavy atom. The van der Waals surface area contributed by atoms with E-state index in [1.165, 1.54) is 6.33 Å². The maximum atomic E-state index is 11.3. The van der Waals surface area contributed by atoms with Crippen LogP contribution in [0.15, 0.2) is 18.6 Å². The maximum Gasteiger partial charge on any atom is 0.221 e. The zero-order valence-electron chi connectivity index (χ0n) is 9.98. The van der Waals surface area contributed by atoms with E-state index in [0.29, 0.717) is 32.7 Å². The Morgan fingerprint density at radius 2 is 2.35 bits per heavy atom. The zero-order chi connectivity index (χ0) is 12.3. The largest absolute Gasteiger partial charge is 0.383 e. The van der Waals surface area contributed by atoms with Crippen molar-refractivity contribution in [1.82, 2.24) is 20.6 Å². The van der Waals surface area contributed by atoms with Crippen molar-refractivity contribution in [2.24, 2.45) is 0 Å². The number of hydrogen-bond donors (Lipinski definition) is 2. The van der Waals surface area contributed by atoms with Gasteiger partial charge in [-0.25, -0.2) is 9.97 Å². The number of nitrogens with one attached hydrogen (secondary N) is 2. The van der Waals surface area contributed by atoms with Crippen LogP contribution in [0, 0.1) is 0 Å². The van der Waals surface area contributed by atoms with Gasteiger partial charge in [0.2, 0.25) is 5.91 Å². The van der Waals surface area contributed by atoms with E-state index in [2.05, 4.69) is 20.6 Å². The van der Waals surface area contributed by atoms with Crippen LogP contribution in [0.1, 0.15) is 12.1 Å². The Kier molecular flexibility index (Phi) is 6.85. The molecule has 0 bridgehead atoms. The van der Waals surface area contributed by atoms with Gasteiger partial charge in [0, 0.05) is 39.4 Å². The fraction of sp³-hybridized carbons (Fsp3) is 0.545. The number of carbonyl (C=O) groups excluding carboxylic acids is 1. The standard InChI is InChI=1S/C11H18N4O2/c1-17-7-6-14-11(16)3-5-12-8-10-2-4-13-9-15-10/h2,4,9,12H,3,5-8H2,1H3,(H,14,16). The Morgan fingerprint density at radius 1 is 1.47 bits per heavy atom. The lowest BCUT2D eigenvalue weighted by Gasteiger charge is -2.05. The van der Waals surface area contributed by atoms with Crippen molar-refractivity contribution < 1.29 is 9.53 Å². The van der Waals surface area contributed by atoms with E-state index < -0.39 is 0 Å². The summed E-state index contributed by atoms with van der Waals surface area (Å²) in [6.07, 6.45) is 3.66. The third-order valence-electron chi connectivity index (χ3n) is 2.11. The smallest absolute Gasteiger partial charge is 0.221 e. The van der Waals surface area contributed by atoms with E-state index >= 15 is 0 Å². The topological polar surface area (TPSA) is 76.1 Å². The van der Waals surface area contributed by atoms with E-state index in [1.54, 1.807) is 13.3 Å². The van der Waals surface area contributed by atoms with Gasteiger partial charge in [-0.3, -0.25) is 4.79 Å². The molecule has 0 aliphatic carbocycles. The van der Waals surface area contributed by atoms with Crippen molar-refractivity contribution >= 4 is 5.91 Å². The summed E-state index contributed by atoms with van der Waals surface area (Å²) in [5, 5.41) is 5.89. The van der Waals surface area contributed by atoms with E-state index in [4.69, 9.17) is 4.74 Å². The SMILES string of the molecule is COCCNC(=O)CCNCc1ccncn1. The number of carbonyl (C=O) groups is 1. The molecule has 6 heteroatoms. The van der Waals surface area contributed by atoms with Crippen molar-refractivity contribution in [1.29, 1.82) is 0 Å². The van der Waals surface area contributed by atoms with Gasteiger partial charge in [0.1, 0.15) is 6.33 Å². The van der Waals surface area contributed by atoms with Crippen LogP contribution in [0.5, 0.6) is 0 Å². The van der Waals surface area contributed by atoms with E-state index in [-0.39, 0.29) is 5.91 Å². The fourth-order valence-electron chi connectivity index (χ4n) is 1.22. The average Bonchev–Trinajstić information content (AvgIpc) is 2.36. The Hall–Kier alpha value is -1.53. The average molecular weight is 238 g/mol. The van der Waals surface area contributed by atoms with Gasteiger partial charge in [-0.1, -0.05) is 0 Å². The molecular formula is C11H18N4O2. The van der Waals surface area contributed by atoms with Crippen molar-refractivity contribution in [2.45, 2.75) is 13.0 Å². The molecule has 1 aromatic rings. The van der Waals surface area contributed by atoms with E-state index in [9.17, 15) is 4.79 Å². The highest BCUT2D eigenvalue weighted by molar-refractivity contribution is 5.75. The number of amides is 1. The molecular weight excluding hydrogens is 220 g/mol. The summed E-state index contributed by atoms with van der Waals surface area (Å²) in [5.74, 6) is 0.0252. The summed E-state index contributed by atoms with van der Waals surface area (Å²) in [4.78, 5) is 19.2. The molecule has 1 amide bonds. The van der Waals surface area contributed by atoms with Crippen molar-refractivity contribution in [3.63, 3.8) is 0 Å². The summed E-state index contributed by atoms with van der Waals surface area (Å²) < 4.78 is 4.83. The lowest BCUT2D eigenvalue weighted by Crippen LogP contribution is -2.30. The van der Waals surface area contributed by atoms with Crippen molar-refractivity contribution in [2.75, 3.05) is 26.8 Å². The minimum absolute atomic E-state index is 0.0252. The summed E-state index contributed by atoms with van der Waals surface area (Å²) in [5.41, 5.74) is 0.916. The molecule has 0 saturated heterocycles. The first kappa shape index (κ1) is 13.5. The van der Waals surface area contributed by atoms with Gasteiger partial charge < -0.3 is 15.4 Å². The number of methoxy groups -OCH3 is 1. The Labute approximate surface area is 101 Å². The highest BCUT2D eigenvalue weighted by Gasteiger charge is 1.99. The van der Waals surface area contributed by atoms with Crippen LogP contribution in [-0.4, -0.2) is 42.7 Å². The maximum absolute atomic E-state index is 11.3. The number of hydrogen-bond acceptors (Lipinski definition) is 5. The van der Waals surface area contributed by atoms with E-state index in [0.717, 1.165) is 5.69 Å². The highest BCUT2D eigenvalue weighted by atomic mass is 16.5. The summed E-state index contributed by atoms with van der Waals surface area (Å²) in [7, 11) is 1.61. The van der Waals surface area contributed by atoms with Crippen LogP contribution in [0.4, 0.5) is 0 Å². The number of ether oxygens (including phenoxy) is 1. The third kappa shape index (κ3) is 6.60. The zero-order valence-corrected chi connectivity index (χ0v) is 9.98. The predicted molar refractivity (Wildman–Crippen MR) is 63.2 cm³/mol. The molecule has 0 atom stereocenters. The van der Waals surface area contributed by atoms with Crippen molar-refractivity contribution in [3.8, 4) is 0 Å². The van der Waals surface area contributed by atoms with E-state index in [1.807, 2.05) is 6.07 Å². The van der Waals surface area contributed by atoms with Gasteiger partial charge in [0.25, 0.3) is 0 Å². The van der Waals surface area contributed by atoms with Crippen LogP contribution >= 0.6 is 0 Å². The summed E-state index contributed by atoms with van der Waals surface area (Å²) in [6, 6.07) is 1.84. The van der Waals surface area contributed by atoms with Gasteiger partial charge in [0.15, 0.2) is 0 Å². The second-order valence-corrected chi connectivity index (χ2v) is 3.47. The van der Waals surface area contributed by atoms with Crippen LogP contribution in [0.3, 0.4) is 0 Å². The molecule has 0 aliphatic heterocycles. The van der Waals surface area contributed by atoms with Crippen LogP contribution in [0.2, 0.25) is 0 Å². The molecule has 6 nitrogen and oxygen atoms in total. The molecule has 0 saturated carbocycles. The minimum Gasteiger partial charge on any atom is -0.383 e. The molecule has 0 fully saturated rings. The second kappa shape index (κ2) is 8.60. The fourth-order valence-corrected chi connectivity index (χ4v) is 1.22. The van der Waals surface area contributed by atoms with Gasteiger partial charge in [-0.15, -0.1) is 0 Å². The Bertz CT molecular complexity index is 319. The first-order valence-electron chi connectivity index (χ1n) is 5.54. The normalized spacial score (nSPS) is 10.2. The van der Waals surface area contributed by atoms with Crippen LogP contribution in [-0.2, 0) is 16.1 Å². The molecule has 0 spiro atoms. The molecule has 0 radical (unpaired) electrons. The van der Waals surface area contributed by atoms with Gasteiger partial charge in [-0.05, 0) is 6.07 Å². The first-order chi connectivity index (χ1) is 8.33. The molecule has 1 aromatic heterocycles. The minimum atomic E-state index is 0.0252. The van der Waals surface area contributed by atoms with Gasteiger partial charge in [0.05, 0.1) is 12.3 Å². The van der Waals surface area contributed by atoms with Gasteiger partial charge in [-0.2, -0.15) is 0 Å². The first-order valence-corrected chi connectivity index (χ1v) is 5.54. The number of rotatable bonds is 8. The monoisotopic (exact) mass is 238 g/mol. The molecule has 0 aromatic carbocycles. The number of nitrogens with zero attached hydrogens (tertiary/aromatic N) is 2. The quantitative estimate of drug-likeness (QED) is 0.609. The molecule has 94 valence electrons. The molecule has 2 N–H and O–H groups in total. The molecule has 17 heavy (non-hydrogen) atoms. The lowest BCUT2D eigenvalue weighted by atomic mass is 10.3. The molecule has 0 unspecified atom stereocenters. The lowest BCUT2D eigenvalue weighted by molar-refractivity contribution is -0.121. The van der Waals surface area contributed by atoms with Crippen LogP contribution < -0.4 is 10.6 Å². The molecule has 1 rings (SSSR count).